The highest BCUT2D eigenvalue weighted by Gasteiger charge is 2.20. The molecule has 4 heteroatoms. The van der Waals surface area contributed by atoms with E-state index in [0.717, 1.165) is 19.5 Å². The monoisotopic (exact) mass is 223 g/mol. The summed E-state index contributed by atoms with van der Waals surface area (Å²) in [7, 11) is 2.13. The Morgan fingerprint density at radius 2 is 2.44 bits per heavy atom. The second-order valence-corrected chi connectivity index (χ2v) is 4.59. The van der Waals surface area contributed by atoms with Gasteiger partial charge in [-0.1, -0.05) is 6.92 Å². The molecule has 1 fully saturated rings. The largest absolute Gasteiger partial charge is 0.355 e. The van der Waals surface area contributed by atoms with Crippen LogP contribution in [0.5, 0.6) is 0 Å². The molecule has 0 aromatic heterocycles. The summed E-state index contributed by atoms with van der Waals surface area (Å²) in [6.07, 6.45) is 2.84. The minimum atomic E-state index is -0.480. The third-order valence-electron chi connectivity index (χ3n) is 3.22. The molecule has 0 aromatic rings. The van der Waals surface area contributed by atoms with Gasteiger partial charge in [-0.3, -0.25) is 4.79 Å². The van der Waals surface area contributed by atoms with Gasteiger partial charge in [0.15, 0.2) is 0 Å². The summed E-state index contributed by atoms with van der Waals surface area (Å²) in [4.78, 5) is 13.8. The van der Waals surface area contributed by atoms with Crippen molar-refractivity contribution in [3.8, 4) is 6.07 Å². The summed E-state index contributed by atoms with van der Waals surface area (Å²) in [5, 5.41) is 11.6. The Labute approximate surface area is 97.6 Å². The van der Waals surface area contributed by atoms with Crippen molar-refractivity contribution in [3.63, 3.8) is 0 Å². The summed E-state index contributed by atoms with van der Waals surface area (Å²) >= 11 is 0. The standard InChI is InChI=1S/C12H21N3O/c1-3-11(8-13)12(16)14-6-4-10-5-7-15(2)9-10/h10-11H,3-7,9H2,1-2H3,(H,14,16). The van der Waals surface area contributed by atoms with Crippen LogP contribution in [0.3, 0.4) is 0 Å². The van der Waals surface area contributed by atoms with Crippen LogP contribution >= 0.6 is 0 Å². The predicted molar refractivity (Wildman–Crippen MR) is 62.6 cm³/mol. The molecule has 0 spiro atoms. The fraction of sp³-hybridized carbons (Fsp3) is 0.833. The Balaban J connectivity index is 2.16. The van der Waals surface area contributed by atoms with Gasteiger partial charge in [-0.2, -0.15) is 5.26 Å². The molecule has 2 unspecified atom stereocenters. The number of carbonyl (C=O) groups is 1. The van der Waals surface area contributed by atoms with Gasteiger partial charge < -0.3 is 10.2 Å². The number of amides is 1. The fourth-order valence-corrected chi connectivity index (χ4v) is 2.12. The van der Waals surface area contributed by atoms with Crippen LogP contribution < -0.4 is 5.32 Å². The van der Waals surface area contributed by atoms with E-state index in [1.54, 1.807) is 0 Å². The van der Waals surface area contributed by atoms with Crippen molar-refractivity contribution in [1.82, 2.24) is 10.2 Å². The van der Waals surface area contributed by atoms with E-state index in [2.05, 4.69) is 17.3 Å². The second kappa shape index (κ2) is 6.49. The molecule has 1 aliphatic heterocycles. The van der Waals surface area contributed by atoms with E-state index in [1.807, 2.05) is 13.0 Å². The molecule has 90 valence electrons. The fourth-order valence-electron chi connectivity index (χ4n) is 2.12. The Hall–Kier alpha value is -1.08. The van der Waals surface area contributed by atoms with Crippen molar-refractivity contribution >= 4 is 5.91 Å². The van der Waals surface area contributed by atoms with Crippen molar-refractivity contribution < 1.29 is 4.79 Å². The van der Waals surface area contributed by atoms with Gasteiger partial charge in [0, 0.05) is 13.1 Å². The molecular weight excluding hydrogens is 202 g/mol. The van der Waals surface area contributed by atoms with E-state index in [-0.39, 0.29) is 5.91 Å². The van der Waals surface area contributed by atoms with Gasteiger partial charge in [0.25, 0.3) is 0 Å². The van der Waals surface area contributed by atoms with Gasteiger partial charge in [0.1, 0.15) is 5.92 Å². The first-order chi connectivity index (χ1) is 7.67. The lowest BCUT2D eigenvalue weighted by Gasteiger charge is -2.12. The van der Waals surface area contributed by atoms with E-state index in [0.29, 0.717) is 18.9 Å². The van der Waals surface area contributed by atoms with E-state index in [1.165, 1.54) is 6.42 Å². The lowest BCUT2D eigenvalue weighted by Crippen LogP contribution is -2.31. The summed E-state index contributed by atoms with van der Waals surface area (Å²) < 4.78 is 0. The van der Waals surface area contributed by atoms with Crippen molar-refractivity contribution in [3.05, 3.63) is 0 Å². The van der Waals surface area contributed by atoms with Gasteiger partial charge in [-0.15, -0.1) is 0 Å². The molecule has 0 aliphatic carbocycles. The number of rotatable bonds is 5. The Kier molecular flexibility index (Phi) is 5.27. The third kappa shape index (κ3) is 3.82. The molecule has 1 heterocycles. The third-order valence-corrected chi connectivity index (χ3v) is 3.22. The van der Waals surface area contributed by atoms with E-state index in [9.17, 15) is 4.79 Å². The highest BCUT2D eigenvalue weighted by molar-refractivity contribution is 5.80. The Bertz CT molecular complexity index is 272. The van der Waals surface area contributed by atoms with Crippen LogP contribution in [0.4, 0.5) is 0 Å². The first-order valence-electron chi connectivity index (χ1n) is 6.03. The number of nitriles is 1. The van der Waals surface area contributed by atoms with Crippen LogP contribution in [-0.4, -0.2) is 37.5 Å². The van der Waals surface area contributed by atoms with Gasteiger partial charge >= 0.3 is 0 Å². The van der Waals surface area contributed by atoms with Crippen molar-refractivity contribution in [1.29, 1.82) is 5.26 Å². The molecule has 1 N–H and O–H groups in total. The zero-order valence-electron chi connectivity index (χ0n) is 10.2. The number of nitrogens with one attached hydrogen (secondary N) is 1. The maximum absolute atomic E-state index is 11.5. The van der Waals surface area contributed by atoms with E-state index >= 15 is 0 Å². The van der Waals surface area contributed by atoms with Crippen LogP contribution in [0.15, 0.2) is 0 Å². The smallest absolute Gasteiger partial charge is 0.237 e. The summed E-state index contributed by atoms with van der Waals surface area (Å²) in [5.41, 5.74) is 0. The number of carbonyl (C=O) groups excluding carboxylic acids is 1. The molecule has 1 amide bonds. The zero-order chi connectivity index (χ0) is 12.0. The number of likely N-dealkylation sites (tertiary alicyclic amines) is 1. The van der Waals surface area contributed by atoms with E-state index in [4.69, 9.17) is 5.26 Å². The lowest BCUT2D eigenvalue weighted by atomic mass is 10.0. The molecule has 1 rings (SSSR count). The Morgan fingerprint density at radius 1 is 1.69 bits per heavy atom. The minimum absolute atomic E-state index is 0.114. The maximum Gasteiger partial charge on any atom is 0.237 e. The molecule has 1 saturated heterocycles. The summed E-state index contributed by atoms with van der Waals surface area (Å²) in [6, 6.07) is 2.02. The predicted octanol–water partition coefficient (Wildman–Crippen LogP) is 0.994. The van der Waals surface area contributed by atoms with Gasteiger partial charge in [-0.25, -0.2) is 0 Å². The topological polar surface area (TPSA) is 56.1 Å². The number of nitrogens with zero attached hydrogens (tertiary/aromatic N) is 2. The average molecular weight is 223 g/mol. The van der Waals surface area contributed by atoms with Crippen LogP contribution in [0.1, 0.15) is 26.2 Å². The van der Waals surface area contributed by atoms with Gasteiger partial charge in [0.2, 0.25) is 5.91 Å². The van der Waals surface area contributed by atoms with Crippen LogP contribution in [-0.2, 0) is 4.79 Å². The normalized spacial score (nSPS) is 22.7. The Morgan fingerprint density at radius 3 is 2.94 bits per heavy atom. The molecular formula is C12H21N3O. The van der Waals surface area contributed by atoms with Crippen molar-refractivity contribution in [2.75, 3.05) is 26.7 Å². The van der Waals surface area contributed by atoms with Crippen LogP contribution in [0.25, 0.3) is 0 Å². The molecule has 2 atom stereocenters. The number of hydrogen-bond donors (Lipinski definition) is 1. The van der Waals surface area contributed by atoms with Crippen LogP contribution in [0, 0.1) is 23.2 Å². The first-order valence-corrected chi connectivity index (χ1v) is 6.03. The SMILES string of the molecule is CCC(C#N)C(=O)NCCC1CCN(C)C1. The lowest BCUT2D eigenvalue weighted by molar-refractivity contribution is -0.123. The zero-order valence-corrected chi connectivity index (χ0v) is 10.2. The highest BCUT2D eigenvalue weighted by Crippen LogP contribution is 2.17. The molecule has 1 aliphatic rings. The van der Waals surface area contributed by atoms with Gasteiger partial charge in [-0.05, 0) is 38.8 Å². The van der Waals surface area contributed by atoms with Crippen molar-refractivity contribution in [2.24, 2.45) is 11.8 Å². The maximum atomic E-state index is 11.5. The molecule has 0 aromatic carbocycles. The molecule has 4 nitrogen and oxygen atoms in total. The quantitative estimate of drug-likeness (QED) is 0.756. The minimum Gasteiger partial charge on any atom is -0.355 e. The molecule has 0 bridgehead atoms. The summed E-state index contributed by atoms with van der Waals surface area (Å²) in [6.45, 7) is 4.86. The van der Waals surface area contributed by atoms with E-state index < -0.39 is 5.92 Å². The molecule has 16 heavy (non-hydrogen) atoms. The second-order valence-electron chi connectivity index (χ2n) is 4.59. The summed E-state index contributed by atoms with van der Waals surface area (Å²) in [5.74, 6) is 0.107. The van der Waals surface area contributed by atoms with Crippen LogP contribution in [0.2, 0.25) is 0 Å². The average Bonchev–Trinajstić information content (AvgIpc) is 2.66. The molecule has 0 radical (unpaired) electrons. The van der Waals surface area contributed by atoms with Crippen molar-refractivity contribution in [2.45, 2.75) is 26.2 Å². The van der Waals surface area contributed by atoms with Gasteiger partial charge in [0.05, 0.1) is 6.07 Å². The first kappa shape index (κ1) is 13.0. The highest BCUT2D eigenvalue weighted by atomic mass is 16.1. The number of hydrogen-bond acceptors (Lipinski definition) is 3. The molecule has 0 saturated carbocycles.